The van der Waals surface area contributed by atoms with Crippen LogP contribution < -0.4 is 0 Å². The van der Waals surface area contributed by atoms with E-state index in [1.54, 1.807) is 17.0 Å². The van der Waals surface area contributed by atoms with Crippen molar-refractivity contribution in [2.24, 2.45) is 0 Å². The number of hydrogen-bond acceptors (Lipinski definition) is 4. The molecule has 1 saturated heterocycles. The highest BCUT2D eigenvalue weighted by Crippen LogP contribution is 2.36. The Hall–Kier alpha value is -2.67. The van der Waals surface area contributed by atoms with Gasteiger partial charge in [0, 0.05) is 41.8 Å². The molecule has 1 N–H and O–H groups in total. The highest BCUT2D eigenvalue weighted by atomic mass is 35.5. The minimum atomic E-state index is -0.565. The number of ether oxygens (including phenoxy) is 1. The molecule has 4 heterocycles. The van der Waals surface area contributed by atoms with Gasteiger partial charge in [-0.3, -0.25) is 0 Å². The highest BCUT2D eigenvalue weighted by molar-refractivity contribution is 6.34. The molecule has 1 unspecified atom stereocenters. The molecule has 3 aromatic rings. The Labute approximate surface area is 160 Å². The third-order valence-corrected chi connectivity index (χ3v) is 5.18. The summed E-state index contributed by atoms with van der Waals surface area (Å²) < 4.78 is 18.4. The monoisotopic (exact) mass is 388 g/mol. The molecule has 0 spiro atoms. The van der Waals surface area contributed by atoms with E-state index in [2.05, 4.69) is 15.0 Å². The SMILES string of the molecule is COC(=O)N1CCCC(c2cc3c(-c4cccc(F)n4)c(Cl)cnc3[nH]2)C1. The van der Waals surface area contributed by atoms with Crippen LogP contribution in [0.25, 0.3) is 22.3 Å². The summed E-state index contributed by atoms with van der Waals surface area (Å²) in [5.74, 6) is -0.426. The molecule has 1 fully saturated rings. The van der Waals surface area contributed by atoms with Gasteiger partial charge in [-0.1, -0.05) is 17.7 Å². The second-order valence-electron chi connectivity index (χ2n) is 6.57. The molecule has 27 heavy (non-hydrogen) atoms. The molecular formula is C19H18ClFN4O2. The summed E-state index contributed by atoms with van der Waals surface area (Å²) >= 11 is 6.36. The first-order valence-electron chi connectivity index (χ1n) is 8.69. The molecule has 0 aromatic carbocycles. The number of pyridine rings is 2. The van der Waals surface area contributed by atoms with Gasteiger partial charge in [0.05, 0.1) is 17.8 Å². The number of carbonyl (C=O) groups is 1. The summed E-state index contributed by atoms with van der Waals surface area (Å²) in [6, 6.07) is 6.59. The Morgan fingerprint density at radius 3 is 3.07 bits per heavy atom. The summed E-state index contributed by atoms with van der Waals surface area (Å²) in [6.45, 7) is 1.26. The second kappa shape index (κ2) is 7.15. The van der Waals surface area contributed by atoms with E-state index >= 15 is 0 Å². The number of methoxy groups -OCH3 is 1. The number of likely N-dealkylation sites (tertiary alicyclic amines) is 1. The van der Waals surface area contributed by atoms with Crippen molar-refractivity contribution in [3.05, 3.63) is 47.1 Å². The summed E-state index contributed by atoms with van der Waals surface area (Å²) in [5.41, 5.74) is 2.72. The lowest BCUT2D eigenvalue weighted by molar-refractivity contribution is 0.110. The van der Waals surface area contributed by atoms with E-state index in [1.807, 2.05) is 6.07 Å². The van der Waals surface area contributed by atoms with E-state index < -0.39 is 5.95 Å². The molecular weight excluding hydrogens is 371 g/mol. The van der Waals surface area contributed by atoms with Gasteiger partial charge in [0.1, 0.15) is 5.65 Å². The average Bonchev–Trinajstić information content (AvgIpc) is 3.11. The van der Waals surface area contributed by atoms with E-state index in [0.717, 1.165) is 23.9 Å². The zero-order valence-corrected chi connectivity index (χ0v) is 15.5. The average molecular weight is 389 g/mol. The van der Waals surface area contributed by atoms with Crippen LogP contribution in [0.5, 0.6) is 0 Å². The van der Waals surface area contributed by atoms with Crippen molar-refractivity contribution in [2.45, 2.75) is 18.8 Å². The second-order valence-corrected chi connectivity index (χ2v) is 6.98. The van der Waals surface area contributed by atoms with Gasteiger partial charge in [0.2, 0.25) is 5.95 Å². The van der Waals surface area contributed by atoms with Crippen LogP contribution in [-0.2, 0) is 4.74 Å². The van der Waals surface area contributed by atoms with Crippen LogP contribution in [0.1, 0.15) is 24.5 Å². The number of hydrogen-bond donors (Lipinski definition) is 1. The van der Waals surface area contributed by atoms with Crippen molar-refractivity contribution in [1.82, 2.24) is 19.9 Å². The number of nitrogens with one attached hydrogen (secondary N) is 1. The molecule has 0 radical (unpaired) electrons. The summed E-state index contributed by atoms with van der Waals surface area (Å²) in [7, 11) is 1.39. The van der Waals surface area contributed by atoms with Gasteiger partial charge >= 0.3 is 6.09 Å². The summed E-state index contributed by atoms with van der Waals surface area (Å²) in [6.07, 6.45) is 3.05. The lowest BCUT2D eigenvalue weighted by Gasteiger charge is -2.31. The largest absolute Gasteiger partial charge is 0.453 e. The molecule has 3 aromatic heterocycles. The summed E-state index contributed by atoms with van der Waals surface area (Å²) in [4.78, 5) is 25.2. The number of rotatable bonds is 2. The molecule has 0 bridgehead atoms. The fourth-order valence-corrected chi connectivity index (χ4v) is 3.87. The Morgan fingerprint density at radius 1 is 1.44 bits per heavy atom. The minimum Gasteiger partial charge on any atom is -0.453 e. The number of halogens is 2. The number of carbonyl (C=O) groups excluding carboxylic acids is 1. The highest BCUT2D eigenvalue weighted by Gasteiger charge is 2.27. The van der Waals surface area contributed by atoms with Gasteiger partial charge in [0.15, 0.2) is 0 Å². The van der Waals surface area contributed by atoms with Crippen LogP contribution in [0.4, 0.5) is 9.18 Å². The maximum Gasteiger partial charge on any atom is 0.409 e. The third-order valence-electron chi connectivity index (χ3n) is 4.90. The van der Waals surface area contributed by atoms with Crippen molar-refractivity contribution in [1.29, 1.82) is 0 Å². The molecule has 1 atom stereocenters. The number of nitrogens with zero attached hydrogens (tertiary/aromatic N) is 3. The Morgan fingerprint density at radius 2 is 2.30 bits per heavy atom. The van der Waals surface area contributed by atoms with E-state index in [-0.39, 0.29) is 12.0 Å². The quantitative estimate of drug-likeness (QED) is 0.662. The van der Waals surface area contributed by atoms with Gasteiger partial charge in [-0.25, -0.2) is 14.8 Å². The van der Waals surface area contributed by atoms with Crippen LogP contribution >= 0.6 is 11.6 Å². The van der Waals surface area contributed by atoms with Gasteiger partial charge in [-0.2, -0.15) is 4.39 Å². The molecule has 140 valence electrons. The minimum absolute atomic E-state index is 0.138. The van der Waals surface area contributed by atoms with Crippen LogP contribution in [0, 0.1) is 5.95 Å². The van der Waals surface area contributed by atoms with Crippen LogP contribution in [0.2, 0.25) is 5.02 Å². The van der Waals surface area contributed by atoms with Crippen LogP contribution in [-0.4, -0.2) is 46.1 Å². The van der Waals surface area contributed by atoms with Crippen molar-refractivity contribution < 1.29 is 13.9 Å². The van der Waals surface area contributed by atoms with E-state index in [4.69, 9.17) is 16.3 Å². The standard InChI is InChI=1S/C19H18ClFN4O2/c1-27-19(26)25-7-3-4-11(10-25)15-8-12-17(13(20)9-22-18(12)24-15)14-5-2-6-16(21)23-14/h2,5-6,8-9,11H,3-4,7,10H2,1H3,(H,22,24). The predicted molar refractivity (Wildman–Crippen MR) is 100 cm³/mol. The Balaban J connectivity index is 1.75. The van der Waals surface area contributed by atoms with E-state index in [9.17, 15) is 9.18 Å². The number of H-pyrrole nitrogens is 1. The fraction of sp³-hybridized carbons (Fsp3) is 0.316. The molecule has 0 aliphatic carbocycles. The van der Waals surface area contributed by atoms with Crippen LogP contribution in [0.3, 0.4) is 0 Å². The molecule has 0 saturated carbocycles. The number of amides is 1. The van der Waals surface area contributed by atoms with Gasteiger partial charge in [-0.05, 0) is 31.0 Å². The Bertz CT molecular complexity index is 1010. The summed E-state index contributed by atoms with van der Waals surface area (Å²) in [5, 5.41) is 1.19. The third kappa shape index (κ3) is 3.35. The maximum absolute atomic E-state index is 13.6. The number of aromatic amines is 1. The van der Waals surface area contributed by atoms with Crippen molar-refractivity contribution in [2.75, 3.05) is 20.2 Å². The van der Waals surface area contributed by atoms with Gasteiger partial charge in [0.25, 0.3) is 0 Å². The Kier molecular flexibility index (Phi) is 4.70. The van der Waals surface area contributed by atoms with Crippen molar-refractivity contribution >= 4 is 28.7 Å². The lowest BCUT2D eigenvalue weighted by atomic mass is 9.95. The molecule has 8 heteroatoms. The molecule has 4 rings (SSSR count). The topological polar surface area (TPSA) is 71.1 Å². The van der Waals surface area contributed by atoms with Crippen LogP contribution in [0.15, 0.2) is 30.5 Å². The smallest absolute Gasteiger partial charge is 0.409 e. The normalized spacial score (nSPS) is 17.3. The predicted octanol–water partition coefficient (Wildman–Crippen LogP) is 4.36. The maximum atomic E-state index is 13.6. The first kappa shape index (κ1) is 17.7. The van der Waals surface area contributed by atoms with Gasteiger partial charge in [-0.15, -0.1) is 0 Å². The van der Waals surface area contributed by atoms with E-state index in [1.165, 1.54) is 19.4 Å². The number of piperidine rings is 1. The molecule has 1 aliphatic heterocycles. The number of fused-ring (bicyclic) bond motifs is 1. The van der Waals surface area contributed by atoms with E-state index in [0.29, 0.717) is 35.0 Å². The number of aromatic nitrogens is 3. The van der Waals surface area contributed by atoms with Gasteiger partial charge < -0.3 is 14.6 Å². The first-order valence-corrected chi connectivity index (χ1v) is 9.07. The van der Waals surface area contributed by atoms with Crippen molar-refractivity contribution in [3.8, 4) is 11.3 Å². The molecule has 1 aliphatic rings. The zero-order chi connectivity index (χ0) is 19.0. The first-order chi connectivity index (χ1) is 13.1. The van der Waals surface area contributed by atoms with Crippen molar-refractivity contribution in [3.63, 3.8) is 0 Å². The zero-order valence-electron chi connectivity index (χ0n) is 14.7. The molecule has 6 nitrogen and oxygen atoms in total. The lowest BCUT2D eigenvalue weighted by Crippen LogP contribution is -2.39. The fourth-order valence-electron chi connectivity index (χ4n) is 3.62. The molecule has 1 amide bonds.